The van der Waals surface area contributed by atoms with Crippen LogP contribution in [0, 0.1) is 6.92 Å². The van der Waals surface area contributed by atoms with E-state index in [4.69, 9.17) is 4.74 Å². The van der Waals surface area contributed by atoms with E-state index < -0.39 is 11.6 Å². The molecule has 1 heterocycles. The first-order valence-corrected chi connectivity index (χ1v) is 11.5. The first-order chi connectivity index (χ1) is 15.1. The van der Waals surface area contributed by atoms with Gasteiger partial charge >= 0.3 is 0 Å². The minimum atomic E-state index is -0.495. The third-order valence-electron chi connectivity index (χ3n) is 5.00. The van der Waals surface area contributed by atoms with Crippen molar-refractivity contribution in [1.82, 2.24) is 4.98 Å². The number of pyridine rings is 1. The fourth-order valence-electron chi connectivity index (χ4n) is 3.16. The van der Waals surface area contributed by atoms with Gasteiger partial charge in [0.2, 0.25) is 11.6 Å². The number of thioether (sulfide) groups is 1. The molecular weight excluding hydrogens is 406 g/mol. The highest BCUT2D eigenvalue weighted by Gasteiger charge is 2.21. The lowest BCUT2D eigenvalue weighted by Gasteiger charge is -2.13. The second-order valence-electron chi connectivity index (χ2n) is 7.25. The Hall–Kier alpha value is -2.92. The predicted octanol–water partition coefficient (Wildman–Crippen LogP) is 6.32. The fourth-order valence-corrected chi connectivity index (χ4v) is 4.24. The molecule has 0 radical (unpaired) electrons. The smallest absolute Gasteiger partial charge is 0.234 e. The van der Waals surface area contributed by atoms with Gasteiger partial charge in [0.1, 0.15) is 5.75 Å². The minimum absolute atomic E-state index is 0.401. The number of unbranched alkanes of at least 4 members (excludes halogenated alkanes) is 2. The molecule has 0 bridgehead atoms. The van der Waals surface area contributed by atoms with Gasteiger partial charge in [0.25, 0.3) is 0 Å². The van der Waals surface area contributed by atoms with Crippen molar-refractivity contribution >= 4 is 23.3 Å². The van der Waals surface area contributed by atoms with Crippen molar-refractivity contribution in [2.24, 2.45) is 0 Å². The van der Waals surface area contributed by atoms with Gasteiger partial charge in [-0.05, 0) is 31.5 Å². The van der Waals surface area contributed by atoms with Crippen LogP contribution in [0.15, 0.2) is 71.8 Å². The molecule has 4 nitrogen and oxygen atoms in total. The molecule has 0 aliphatic carbocycles. The molecule has 0 fully saturated rings. The number of Topliss-reactive ketones (excluding diaryl/α,β-unsaturated/α-hetero) is 2. The number of hydrogen-bond donors (Lipinski definition) is 0. The quantitative estimate of drug-likeness (QED) is 0.153. The lowest BCUT2D eigenvalue weighted by Crippen LogP contribution is -2.15. The maximum absolute atomic E-state index is 12.9. The van der Waals surface area contributed by atoms with Crippen LogP contribution in [0.1, 0.15) is 58.2 Å². The van der Waals surface area contributed by atoms with E-state index >= 15 is 0 Å². The summed E-state index contributed by atoms with van der Waals surface area (Å²) in [7, 11) is 0. The summed E-state index contributed by atoms with van der Waals surface area (Å²) in [4.78, 5) is 30.8. The van der Waals surface area contributed by atoms with Gasteiger partial charge in [-0.2, -0.15) is 0 Å². The van der Waals surface area contributed by atoms with Crippen molar-refractivity contribution in [2.45, 2.75) is 43.8 Å². The maximum atomic E-state index is 12.9. The maximum Gasteiger partial charge on any atom is 0.234 e. The summed E-state index contributed by atoms with van der Waals surface area (Å²) in [6.45, 7) is 4.88. The molecule has 2 aromatic carbocycles. The molecule has 0 amide bonds. The van der Waals surface area contributed by atoms with E-state index in [1.54, 1.807) is 42.6 Å². The summed E-state index contributed by atoms with van der Waals surface area (Å²) in [6.07, 6.45) is 5.10. The first-order valence-electron chi connectivity index (χ1n) is 10.5. The molecule has 0 saturated heterocycles. The third-order valence-corrected chi connectivity index (χ3v) is 6.09. The van der Waals surface area contributed by atoms with Crippen molar-refractivity contribution < 1.29 is 14.3 Å². The van der Waals surface area contributed by atoms with E-state index in [9.17, 15) is 9.59 Å². The highest BCUT2D eigenvalue weighted by atomic mass is 32.2. The molecule has 0 saturated carbocycles. The molecule has 0 aliphatic heterocycles. The number of carbonyl (C=O) groups is 2. The van der Waals surface area contributed by atoms with Crippen LogP contribution in [0.25, 0.3) is 0 Å². The number of rotatable bonds is 11. The molecule has 3 rings (SSSR count). The molecule has 31 heavy (non-hydrogen) atoms. The van der Waals surface area contributed by atoms with Gasteiger partial charge in [-0.15, -0.1) is 11.8 Å². The average molecular weight is 434 g/mol. The van der Waals surface area contributed by atoms with Crippen LogP contribution < -0.4 is 4.74 Å². The molecule has 0 atom stereocenters. The number of ketones is 2. The van der Waals surface area contributed by atoms with Crippen LogP contribution in [0.5, 0.6) is 5.75 Å². The molecule has 0 N–H and O–H groups in total. The van der Waals surface area contributed by atoms with E-state index in [0.717, 1.165) is 41.2 Å². The van der Waals surface area contributed by atoms with Crippen LogP contribution in [0.3, 0.4) is 0 Å². The Bertz CT molecular complexity index is 1030. The number of benzene rings is 2. The lowest BCUT2D eigenvalue weighted by atomic mass is 10.0. The molecular formula is C26H27NO3S. The normalized spacial score (nSPS) is 10.6. The third kappa shape index (κ3) is 6.05. The van der Waals surface area contributed by atoms with Gasteiger partial charge in [-0.25, -0.2) is 0 Å². The molecule has 0 aliphatic rings. The summed E-state index contributed by atoms with van der Waals surface area (Å²) in [6, 6.07) is 17.8. The molecule has 5 heteroatoms. The molecule has 0 spiro atoms. The molecule has 3 aromatic rings. The van der Waals surface area contributed by atoms with Gasteiger partial charge in [0.05, 0.1) is 12.3 Å². The predicted molar refractivity (Wildman–Crippen MR) is 125 cm³/mol. The summed E-state index contributed by atoms with van der Waals surface area (Å²) in [5.74, 6) is 0.449. The monoisotopic (exact) mass is 433 g/mol. The molecule has 0 unspecified atom stereocenters. The Balaban J connectivity index is 1.72. The summed E-state index contributed by atoms with van der Waals surface area (Å²) in [5, 5.41) is 0. The van der Waals surface area contributed by atoms with E-state index in [0.29, 0.717) is 23.5 Å². The fraction of sp³-hybridized carbons (Fsp3) is 0.269. The van der Waals surface area contributed by atoms with Gasteiger partial charge in [-0.3, -0.25) is 14.6 Å². The Morgan fingerprint density at radius 2 is 1.68 bits per heavy atom. The number of carbonyl (C=O) groups excluding carboxylic acids is 2. The number of aromatic nitrogens is 1. The average Bonchev–Trinajstić information content (AvgIpc) is 2.82. The highest BCUT2D eigenvalue weighted by Crippen LogP contribution is 2.30. The Morgan fingerprint density at radius 1 is 0.935 bits per heavy atom. The lowest BCUT2D eigenvalue weighted by molar-refractivity contribution is 0.0815. The summed E-state index contributed by atoms with van der Waals surface area (Å²) >= 11 is 1.50. The minimum Gasteiger partial charge on any atom is -0.493 e. The Labute approximate surface area is 188 Å². The highest BCUT2D eigenvalue weighted by molar-refractivity contribution is 7.98. The van der Waals surface area contributed by atoms with Crippen molar-refractivity contribution in [3.8, 4) is 5.75 Å². The van der Waals surface area contributed by atoms with E-state index in [1.807, 2.05) is 31.2 Å². The van der Waals surface area contributed by atoms with Crippen molar-refractivity contribution in [3.05, 3.63) is 89.2 Å². The largest absolute Gasteiger partial charge is 0.493 e. The summed E-state index contributed by atoms with van der Waals surface area (Å²) in [5.41, 5.74) is 2.74. The van der Waals surface area contributed by atoms with Crippen LogP contribution in [0.4, 0.5) is 0 Å². The zero-order valence-electron chi connectivity index (χ0n) is 18.0. The number of nitrogens with zero attached hydrogens (tertiary/aromatic N) is 1. The van der Waals surface area contributed by atoms with Crippen LogP contribution >= 0.6 is 11.8 Å². The van der Waals surface area contributed by atoms with Crippen molar-refractivity contribution in [3.63, 3.8) is 0 Å². The topological polar surface area (TPSA) is 56.3 Å². The van der Waals surface area contributed by atoms with E-state index in [-0.39, 0.29) is 0 Å². The van der Waals surface area contributed by atoms with Gasteiger partial charge < -0.3 is 4.74 Å². The Morgan fingerprint density at radius 3 is 2.45 bits per heavy atom. The summed E-state index contributed by atoms with van der Waals surface area (Å²) < 4.78 is 5.93. The van der Waals surface area contributed by atoms with E-state index in [2.05, 4.69) is 11.9 Å². The number of ether oxygens (including phenoxy) is 1. The Kier molecular flexibility index (Phi) is 8.42. The standard InChI is InChI=1S/C26H27NO3S/c1-3-4-10-17-30-23-15-16-27-22(19(23)2)18-31-24-14-9-8-13-21(24)26(29)25(28)20-11-6-5-7-12-20/h5-9,11-16H,3-4,10,17-18H2,1-2H3. The van der Waals surface area contributed by atoms with Crippen LogP contribution in [0.2, 0.25) is 0 Å². The zero-order valence-corrected chi connectivity index (χ0v) is 18.8. The first kappa shape index (κ1) is 22.8. The SMILES string of the molecule is CCCCCOc1ccnc(CSc2ccccc2C(=O)C(=O)c2ccccc2)c1C. The molecule has 160 valence electrons. The van der Waals surface area contributed by atoms with Crippen LogP contribution in [-0.4, -0.2) is 23.2 Å². The second-order valence-corrected chi connectivity index (χ2v) is 8.26. The van der Waals surface area contributed by atoms with Crippen molar-refractivity contribution in [2.75, 3.05) is 6.61 Å². The van der Waals surface area contributed by atoms with Gasteiger partial charge in [0, 0.05) is 33.5 Å². The van der Waals surface area contributed by atoms with Crippen LogP contribution in [-0.2, 0) is 5.75 Å². The van der Waals surface area contributed by atoms with E-state index in [1.165, 1.54) is 11.8 Å². The van der Waals surface area contributed by atoms with Crippen molar-refractivity contribution in [1.29, 1.82) is 0 Å². The zero-order chi connectivity index (χ0) is 22.1. The second kappa shape index (κ2) is 11.5. The molecule has 1 aromatic heterocycles. The van der Waals surface area contributed by atoms with Gasteiger partial charge in [0.15, 0.2) is 0 Å². The number of hydrogen-bond acceptors (Lipinski definition) is 5. The van der Waals surface area contributed by atoms with Gasteiger partial charge in [-0.1, -0.05) is 62.2 Å².